The molecule has 0 bridgehead atoms. The van der Waals surface area contributed by atoms with E-state index < -0.39 is 5.97 Å². The molecule has 0 fully saturated rings. The van der Waals surface area contributed by atoms with E-state index in [9.17, 15) is 9.59 Å². The van der Waals surface area contributed by atoms with Gasteiger partial charge in [-0.1, -0.05) is 17.7 Å². The number of nitrogens with one attached hydrogen (secondary N) is 1. The van der Waals surface area contributed by atoms with Gasteiger partial charge in [-0.3, -0.25) is 9.36 Å². The number of carbonyl (C=O) groups is 1. The van der Waals surface area contributed by atoms with Crippen LogP contribution < -0.4 is 10.9 Å². The number of esters is 1. The molecule has 0 spiro atoms. The highest BCUT2D eigenvalue weighted by Crippen LogP contribution is 2.23. The van der Waals surface area contributed by atoms with Crippen molar-refractivity contribution in [2.24, 2.45) is 0 Å². The Morgan fingerprint density at radius 3 is 2.75 bits per heavy atom. The van der Waals surface area contributed by atoms with Crippen LogP contribution in [0.15, 0.2) is 35.3 Å². The summed E-state index contributed by atoms with van der Waals surface area (Å²) in [4.78, 5) is 33.2. The van der Waals surface area contributed by atoms with Gasteiger partial charge in [-0.15, -0.1) is 0 Å². The lowest BCUT2D eigenvalue weighted by molar-refractivity contribution is 0.0526. The fourth-order valence-corrected chi connectivity index (χ4v) is 3.05. The van der Waals surface area contributed by atoms with Crippen molar-refractivity contribution in [2.75, 3.05) is 11.9 Å². The van der Waals surface area contributed by atoms with Crippen molar-refractivity contribution in [1.29, 1.82) is 0 Å². The number of halogens is 1. The minimum absolute atomic E-state index is 0.120. The largest absolute Gasteiger partial charge is 0.462 e. The second kappa shape index (κ2) is 7.98. The fourth-order valence-electron chi connectivity index (χ4n) is 2.84. The van der Waals surface area contributed by atoms with Crippen LogP contribution in [0.2, 0.25) is 5.02 Å². The summed E-state index contributed by atoms with van der Waals surface area (Å²) in [5, 5.41) is 3.92. The van der Waals surface area contributed by atoms with Crippen LogP contribution in [0.1, 0.15) is 42.7 Å². The van der Waals surface area contributed by atoms with Crippen LogP contribution in [0.4, 0.5) is 11.6 Å². The molecule has 1 aromatic carbocycles. The Kier molecular flexibility index (Phi) is 5.65. The molecule has 3 aromatic rings. The number of aromatic nitrogens is 3. The van der Waals surface area contributed by atoms with E-state index in [0.29, 0.717) is 34.8 Å². The van der Waals surface area contributed by atoms with Crippen LogP contribution in [0.25, 0.3) is 11.0 Å². The van der Waals surface area contributed by atoms with Crippen LogP contribution in [-0.4, -0.2) is 27.1 Å². The van der Waals surface area contributed by atoms with E-state index in [-0.39, 0.29) is 16.6 Å². The van der Waals surface area contributed by atoms with Crippen LogP contribution in [0, 0.1) is 6.92 Å². The minimum atomic E-state index is -0.395. The second-order valence-electron chi connectivity index (χ2n) is 6.61. The molecule has 0 unspecified atom stereocenters. The lowest BCUT2D eigenvalue weighted by Gasteiger charge is -2.15. The smallest absolute Gasteiger partial charge is 0.338 e. The first kappa shape index (κ1) is 19.8. The predicted molar refractivity (Wildman–Crippen MR) is 110 cm³/mol. The Bertz CT molecular complexity index is 1110. The SMILES string of the molecule is CCOC(=O)c1ccc(C)c(Nc2ncc3cc(Cl)c(=O)n(C(C)C)c3n2)c1. The van der Waals surface area contributed by atoms with Crippen molar-refractivity contribution in [3.63, 3.8) is 0 Å². The second-order valence-corrected chi connectivity index (χ2v) is 7.02. The van der Waals surface area contributed by atoms with Gasteiger partial charge in [-0.05, 0) is 51.5 Å². The van der Waals surface area contributed by atoms with Gasteiger partial charge >= 0.3 is 5.97 Å². The summed E-state index contributed by atoms with van der Waals surface area (Å²) >= 11 is 6.05. The Labute approximate surface area is 167 Å². The molecule has 0 aliphatic carbocycles. The third-order valence-electron chi connectivity index (χ3n) is 4.24. The van der Waals surface area contributed by atoms with Crippen LogP contribution >= 0.6 is 11.6 Å². The number of pyridine rings is 1. The first-order valence-electron chi connectivity index (χ1n) is 8.94. The van der Waals surface area contributed by atoms with Gasteiger partial charge in [0.1, 0.15) is 10.7 Å². The highest BCUT2D eigenvalue weighted by atomic mass is 35.5. The molecule has 0 radical (unpaired) electrons. The van der Waals surface area contributed by atoms with E-state index in [1.807, 2.05) is 26.8 Å². The molecule has 2 aromatic heterocycles. The summed E-state index contributed by atoms with van der Waals surface area (Å²) < 4.78 is 6.58. The van der Waals surface area contributed by atoms with Gasteiger partial charge in [0.05, 0.1) is 12.2 Å². The van der Waals surface area contributed by atoms with Gasteiger partial charge in [-0.2, -0.15) is 4.98 Å². The van der Waals surface area contributed by atoms with E-state index in [0.717, 1.165) is 5.56 Å². The lowest BCUT2D eigenvalue weighted by Crippen LogP contribution is -2.23. The van der Waals surface area contributed by atoms with Crippen LogP contribution in [-0.2, 0) is 4.74 Å². The topological polar surface area (TPSA) is 86.1 Å². The summed E-state index contributed by atoms with van der Waals surface area (Å²) in [6.45, 7) is 7.74. The molecule has 2 heterocycles. The van der Waals surface area contributed by atoms with Crippen LogP contribution in [0.3, 0.4) is 0 Å². The maximum atomic E-state index is 12.4. The fraction of sp³-hybridized carbons (Fsp3) is 0.300. The van der Waals surface area contributed by atoms with E-state index >= 15 is 0 Å². The van der Waals surface area contributed by atoms with Gasteiger partial charge in [0, 0.05) is 23.3 Å². The maximum Gasteiger partial charge on any atom is 0.338 e. The Morgan fingerprint density at radius 1 is 1.32 bits per heavy atom. The van der Waals surface area contributed by atoms with E-state index in [2.05, 4.69) is 15.3 Å². The van der Waals surface area contributed by atoms with Crippen molar-refractivity contribution in [3.05, 3.63) is 57.0 Å². The predicted octanol–water partition coefficient (Wildman–Crippen LogP) is 4.25. The molecule has 0 amide bonds. The third kappa shape index (κ3) is 3.84. The number of anilines is 2. The summed E-state index contributed by atoms with van der Waals surface area (Å²) in [5.41, 5.74) is 2.21. The van der Waals surface area contributed by atoms with E-state index in [1.165, 1.54) is 4.57 Å². The van der Waals surface area contributed by atoms with Crippen molar-refractivity contribution in [2.45, 2.75) is 33.7 Å². The van der Waals surface area contributed by atoms with Gasteiger partial charge in [0.25, 0.3) is 5.56 Å². The highest BCUT2D eigenvalue weighted by Gasteiger charge is 2.14. The molecule has 0 saturated carbocycles. The first-order valence-corrected chi connectivity index (χ1v) is 9.32. The number of ether oxygens (including phenoxy) is 1. The van der Waals surface area contributed by atoms with Crippen molar-refractivity contribution in [3.8, 4) is 0 Å². The average molecular weight is 401 g/mol. The van der Waals surface area contributed by atoms with Gasteiger partial charge in [0.15, 0.2) is 0 Å². The lowest BCUT2D eigenvalue weighted by atomic mass is 10.1. The molecule has 0 saturated heterocycles. The Morgan fingerprint density at radius 2 is 2.07 bits per heavy atom. The molecule has 7 nitrogen and oxygen atoms in total. The summed E-state index contributed by atoms with van der Waals surface area (Å²) in [7, 11) is 0. The molecular formula is C20H21ClN4O3. The average Bonchev–Trinajstić information content (AvgIpc) is 2.64. The number of rotatable bonds is 5. The molecular weight excluding hydrogens is 380 g/mol. The number of carbonyl (C=O) groups excluding carboxylic acids is 1. The molecule has 0 aliphatic rings. The normalized spacial score (nSPS) is 11.1. The van der Waals surface area contributed by atoms with Gasteiger partial charge in [0.2, 0.25) is 5.95 Å². The molecule has 0 atom stereocenters. The molecule has 3 rings (SSSR count). The quantitative estimate of drug-likeness (QED) is 0.644. The van der Waals surface area contributed by atoms with Crippen molar-refractivity contribution >= 4 is 40.2 Å². The standard InChI is InChI=1S/C20H21ClN4O3/c1-5-28-19(27)13-7-6-12(4)16(9-13)23-20-22-10-14-8-15(21)18(26)25(11(2)3)17(14)24-20/h6-11H,5H2,1-4H3,(H,22,23,24). The molecule has 1 N–H and O–H groups in total. The zero-order valence-corrected chi connectivity index (χ0v) is 16.9. The van der Waals surface area contributed by atoms with Crippen molar-refractivity contribution < 1.29 is 9.53 Å². The first-order chi connectivity index (χ1) is 13.3. The number of fused-ring (bicyclic) bond motifs is 1. The maximum absolute atomic E-state index is 12.4. The van der Waals surface area contributed by atoms with Crippen molar-refractivity contribution in [1.82, 2.24) is 14.5 Å². The Hall–Kier alpha value is -2.93. The number of hydrogen-bond donors (Lipinski definition) is 1. The number of hydrogen-bond acceptors (Lipinski definition) is 6. The summed E-state index contributed by atoms with van der Waals surface area (Å²) in [5.74, 6) is -0.0824. The zero-order chi connectivity index (χ0) is 20.4. The zero-order valence-electron chi connectivity index (χ0n) is 16.1. The van der Waals surface area contributed by atoms with E-state index in [4.69, 9.17) is 16.3 Å². The third-order valence-corrected chi connectivity index (χ3v) is 4.51. The van der Waals surface area contributed by atoms with E-state index in [1.54, 1.807) is 31.3 Å². The minimum Gasteiger partial charge on any atom is -0.462 e. The Balaban J connectivity index is 2.05. The number of benzene rings is 1. The summed E-state index contributed by atoms with van der Waals surface area (Å²) in [6.07, 6.45) is 1.61. The molecule has 146 valence electrons. The van der Waals surface area contributed by atoms with Crippen LogP contribution in [0.5, 0.6) is 0 Å². The molecule has 0 aliphatic heterocycles. The monoisotopic (exact) mass is 400 g/mol. The number of aryl methyl sites for hydroxylation is 1. The van der Waals surface area contributed by atoms with Gasteiger partial charge < -0.3 is 10.1 Å². The molecule has 8 heteroatoms. The highest BCUT2D eigenvalue weighted by molar-refractivity contribution is 6.31. The molecule has 28 heavy (non-hydrogen) atoms. The number of nitrogens with zero attached hydrogens (tertiary/aromatic N) is 3. The van der Waals surface area contributed by atoms with Gasteiger partial charge in [-0.25, -0.2) is 9.78 Å². The summed E-state index contributed by atoms with van der Waals surface area (Å²) in [6, 6.07) is 6.66.